The number of hydrogen-bond acceptors (Lipinski definition) is 4. The SMILES string of the molecule is CCOc1cc(C=NNC(=O)c2ccc(C)cc2Cl)cc(Cl)c1O. The van der Waals surface area contributed by atoms with E-state index in [1.54, 1.807) is 31.2 Å². The Kier molecular flexibility index (Phi) is 6.06. The smallest absolute Gasteiger partial charge is 0.272 e. The number of carbonyl (C=O) groups is 1. The van der Waals surface area contributed by atoms with Gasteiger partial charge in [-0.3, -0.25) is 4.79 Å². The molecule has 0 aliphatic heterocycles. The van der Waals surface area contributed by atoms with E-state index in [1.807, 2.05) is 6.92 Å². The Morgan fingerprint density at radius 3 is 2.71 bits per heavy atom. The van der Waals surface area contributed by atoms with Crippen LogP contribution in [0.4, 0.5) is 0 Å². The van der Waals surface area contributed by atoms with Crippen LogP contribution in [0, 0.1) is 6.92 Å². The van der Waals surface area contributed by atoms with Crippen molar-refractivity contribution in [1.29, 1.82) is 0 Å². The molecule has 0 radical (unpaired) electrons. The van der Waals surface area contributed by atoms with E-state index in [0.717, 1.165) is 5.56 Å². The molecular formula is C17H16Cl2N2O3. The van der Waals surface area contributed by atoms with E-state index in [1.165, 1.54) is 12.3 Å². The number of nitrogens with zero attached hydrogens (tertiary/aromatic N) is 1. The first kappa shape index (κ1) is 18.1. The van der Waals surface area contributed by atoms with Crippen molar-refractivity contribution in [3.63, 3.8) is 0 Å². The normalized spacial score (nSPS) is 10.8. The number of amides is 1. The van der Waals surface area contributed by atoms with Crippen LogP contribution in [0.5, 0.6) is 11.5 Å². The number of carbonyl (C=O) groups excluding carboxylic acids is 1. The van der Waals surface area contributed by atoms with Crippen LogP contribution in [0.15, 0.2) is 35.4 Å². The van der Waals surface area contributed by atoms with Gasteiger partial charge in [0.2, 0.25) is 0 Å². The number of benzene rings is 2. The standard InChI is InChI=1S/C17H16Cl2N2O3/c1-3-24-15-8-11(7-14(19)16(15)22)9-20-21-17(23)12-5-4-10(2)6-13(12)18/h4-9,22H,3H2,1-2H3,(H,21,23). The van der Waals surface area contributed by atoms with Crippen molar-refractivity contribution < 1.29 is 14.6 Å². The maximum atomic E-state index is 12.1. The molecular weight excluding hydrogens is 351 g/mol. The second-order valence-electron chi connectivity index (χ2n) is 4.96. The molecule has 0 unspecified atom stereocenters. The van der Waals surface area contributed by atoms with Crippen LogP contribution in [0.2, 0.25) is 10.0 Å². The van der Waals surface area contributed by atoms with Gasteiger partial charge in [0.05, 0.1) is 28.4 Å². The van der Waals surface area contributed by atoms with Gasteiger partial charge >= 0.3 is 0 Å². The lowest BCUT2D eigenvalue weighted by Crippen LogP contribution is -2.18. The van der Waals surface area contributed by atoms with Crippen LogP contribution in [-0.4, -0.2) is 23.8 Å². The van der Waals surface area contributed by atoms with Gasteiger partial charge in [-0.25, -0.2) is 5.43 Å². The highest BCUT2D eigenvalue weighted by Gasteiger charge is 2.10. The van der Waals surface area contributed by atoms with Gasteiger partial charge in [0.15, 0.2) is 11.5 Å². The maximum absolute atomic E-state index is 12.1. The number of ether oxygens (including phenoxy) is 1. The molecule has 2 rings (SSSR count). The van der Waals surface area contributed by atoms with Crippen molar-refractivity contribution in [2.24, 2.45) is 5.10 Å². The van der Waals surface area contributed by atoms with E-state index >= 15 is 0 Å². The number of aryl methyl sites for hydroxylation is 1. The quantitative estimate of drug-likeness (QED) is 0.616. The zero-order chi connectivity index (χ0) is 17.7. The number of halogens is 2. The van der Waals surface area contributed by atoms with Crippen LogP contribution in [0.25, 0.3) is 0 Å². The molecule has 2 aromatic carbocycles. The maximum Gasteiger partial charge on any atom is 0.272 e. The summed E-state index contributed by atoms with van der Waals surface area (Å²) in [6.45, 7) is 4.06. The van der Waals surface area contributed by atoms with Crippen molar-refractivity contribution in [3.8, 4) is 11.5 Å². The number of hydrazone groups is 1. The van der Waals surface area contributed by atoms with Crippen LogP contribution in [-0.2, 0) is 0 Å². The summed E-state index contributed by atoms with van der Waals surface area (Å²) < 4.78 is 5.28. The van der Waals surface area contributed by atoms with E-state index in [4.69, 9.17) is 27.9 Å². The van der Waals surface area contributed by atoms with Gasteiger partial charge in [-0.15, -0.1) is 0 Å². The van der Waals surface area contributed by atoms with Gasteiger partial charge in [0.1, 0.15) is 0 Å². The zero-order valence-electron chi connectivity index (χ0n) is 13.1. The second-order valence-corrected chi connectivity index (χ2v) is 5.78. The van der Waals surface area contributed by atoms with E-state index < -0.39 is 5.91 Å². The first-order valence-electron chi connectivity index (χ1n) is 7.17. The van der Waals surface area contributed by atoms with Gasteiger partial charge in [-0.1, -0.05) is 29.3 Å². The molecule has 1 amide bonds. The summed E-state index contributed by atoms with van der Waals surface area (Å²) >= 11 is 12.0. The summed E-state index contributed by atoms with van der Waals surface area (Å²) in [5.74, 6) is -0.309. The topological polar surface area (TPSA) is 70.9 Å². The van der Waals surface area contributed by atoms with E-state index in [0.29, 0.717) is 22.8 Å². The largest absolute Gasteiger partial charge is 0.503 e. The Bertz CT molecular complexity index is 792. The lowest BCUT2D eigenvalue weighted by Gasteiger charge is -2.08. The molecule has 126 valence electrons. The molecule has 0 aliphatic carbocycles. The van der Waals surface area contributed by atoms with Gasteiger partial charge < -0.3 is 9.84 Å². The van der Waals surface area contributed by atoms with Gasteiger partial charge in [-0.2, -0.15) is 5.10 Å². The van der Waals surface area contributed by atoms with Crippen LogP contribution < -0.4 is 10.2 Å². The minimum absolute atomic E-state index is 0.133. The first-order valence-corrected chi connectivity index (χ1v) is 7.92. The number of rotatable bonds is 5. The number of phenolic OH excluding ortho intramolecular Hbond substituents is 1. The van der Waals surface area contributed by atoms with Crippen molar-refractivity contribution in [2.75, 3.05) is 6.61 Å². The number of nitrogens with one attached hydrogen (secondary N) is 1. The highest BCUT2D eigenvalue weighted by Crippen LogP contribution is 2.34. The average molecular weight is 367 g/mol. The summed E-state index contributed by atoms with van der Waals surface area (Å²) in [5, 5.41) is 14.1. The second kappa shape index (κ2) is 8.04. The molecule has 0 saturated heterocycles. The molecule has 0 bridgehead atoms. The van der Waals surface area contributed by atoms with Crippen LogP contribution in [0.1, 0.15) is 28.4 Å². The lowest BCUT2D eigenvalue weighted by molar-refractivity contribution is 0.0955. The Labute approximate surface area is 149 Å². The first-order chi connectivity index (χ1) is 11.4. The fourth-order valence-electron chi connectivity index (χ4n) is 1.96. The average Bonchev–Trinajstić information content (AvgIpc) is 2.52. The fourth-order valence-corrected chi connectivity index (χ4v) is 2.50. The molecule has 0 spiro atoms. The monoisotopic (exact) mass is 366 g/mol. The molecule has 2 N–H and O–H groups in total. The molecule has 0 atom stereocenters. The predicted molar refractivity (Wildman–Crippen MR) is 95.5 cm³/mol. The minimum atomic E-state index is -0.425. The molecule has 0 aromatic heterocycles. The van der Waals surface area contributed by atoms with E-state index in [9.17, 15) is 9.90 Å². The molecule has 24 heavy (non-hydrogen) atoms. The van der Waals surface area contributed by atoms with Crippen molar-refractivity contribution in [1.82, 2.24) is 5.43 Å². The molecule has 5 nitrogen and oxygen atoms in total. The Hall–Kier alpha value is -2.24. The fraction of sp³-hybridized carbons (Fsp3) is 0.176. The van der Waals surface area contributed by atoms with Crippen molar-refractivity contribution >= 4 is 35.3 Å². The Balaban J connectivity index is 2.12. The third kappa shape index (κ3) is 4.40. The highest BCUT2D eigenvalue weighted by atomic mass is 35.5. The third-order valence-corrected chi connectivity index (χ3v) is 3.70. The number of hydrogen-bond donors (Lipinski definition) is 2. The zero-order valence-corrected chi connectivity index (χ0v) is 14.6. The summed E-state index contributed by atoms with van der Waals surface area (Å²) in [4.78, 5) is 12.1. The number of aromatic hydroxyl groups is 1. The Morgan fingerprint density at radius 1 is 1.29 bits per heavy atom. The van der Waals surface area contributed by atoms with E-state index in [2.05, 4.69) is 10.5 Å². The summed E-state index contributed by atoms with van der Waals surface area (Å²) in [7, 11) is 0. The third-order valence-electron chi connectivity index (χ3n) is 3.10. The van der Waals surface area contributed by atoms with Gasteiger partial charge in [0.25, 0.3) is 5.91 Å². The van der Waals surface area contributed by atoms with E-state index in [-0.39, 0.29) is 16.5 Å². The summed E-state index contributed by atoms with van der Waals surface area (Å²) in [6.07, 6.45) is 1.40. The van der Waals surface area contributed by atoms with Crippen molar-refractivity contribution in [3.05, 3.63) is 57.1 Å². The van der Waals surface area contributed by atoms with Crippen LogP contribution >= 0.6 is 23.2 Å². The predicted octanol–water partition coefficient (Wildman–Crippen LogP) is 4.17. The molecule has 0 fully saturated rings. The summed E-state index contributed by atoms with van der Waals surface area (Å²) in [5.41, 5.74) is 4.25. The molecule has 0 saturated carbocycles. The van der Waals surface area contributed by atoms with Crippen molar-refractivity contribution in [2.45, 2.75) is 13.8 Å². The number of phenols is 1. The molecule has 0 aliphatic rings. The molecule has 2 aromatic rings. The lowest BCUT2D eigenvalue weighted by atomic mass is 10.1. The summed E-state index contributed by atoms with van der Waals surface area (Å²) in [6, 6.07) is 8.20. The molecule has 7 heteroatoms. The minimum Gasteiger partial charge on any atom is -0.503 e. The van der Waals surface area contributed by atoms with Gasteiger partial charge in [-0.05, 0) is 49.2 Å². The Morgan fingerprint density at radius 2 is 2.04 bits per heavy atom. The van der Waals surface area contributed by atoms with Crippen LogP contribution in [0.3, 0.4) is 0 Å². The molecule has 0 heterocycles. The highest BCUT2D eigenvalue weighted by molar-refractivity contribution is 6.34. The van der Waals surface area contributed by atoms with Gasteiger partial charge in [0, 0.05) is 0 Å².